The molecule has 3 rings (SSSR count). The van der Waals surface area contributed by atoms with Gasteiger partial charge in [0.1, 0.15) is 5.82 Å². The van der Waals surface area contributed by atoms with Crippen LogP contribution >= 0.6 is 11.3 Å². The number of rotatable bonds is 5. The molecule has 2 aromatic heterocycles. The fraction of sp³-hybridized carbons (Fsp3) is 0.200. The molecule has 0 spiro atoms. The molecule has 3 aromatic rings. The molecular weight excluding hydrogens is 282 g/mol. The summed E-state index contributed by atoms with van der Waals surface area (Å²) >= 11 is 1.76. The molecule has 108 valence electrons. The van der Waals surface area contributed by atoms with Gasteiger partial charge in [0, 0.05) is 10.3 Å². The Morgan fingerprint density at radius 2 is 2.05 bits per heavy atom. The van der Waals surface area contributed by atoms with Gasteiger partial charge in [-0.2, -0.15) is 4.98 Å². The monoisotopic (exact) mass is 299 g/mol. The van der Waals surface area contributed by atoms with Gasteiger partial charge in [0.2, 0.25) is 5.95 Å². The van der Waals surface area contributed by atoms with E-state index in [1.165, 1.54) is 10.4 Å². The van der Waals surface area contributed by atoms with Crippen LogP contribution in [0.2, 0.25) is 0 Å². The molecule has 21 heavy (non-hydrogen) atoms. The van der Waals surface area contributed by atoms with Crippen LogP contribution in [0.5, 0.6) is 0 Å². The molecule has 4 N–H and O–H groups in total. The average Bonchev–Trinajstić information content (AvgIpc) is 2.99. The average molecular weight is 299 g/mol. The van der Waals surface area contributed by atoms with Crippen molar-refractivity contribution in [2.45, 2.75) is 19.9 Å². The summed E-state index contributed by atoms with van der Waals surface area (Å²) in [4.78, 5) is 10.1. The summed E-state index contributed by atoms with van der Waals surface area (Å²) in [5.41, 5.74) is 4.76. The number of nitrogens with two attached hydrogens (primary N) is 1. The highest BCUT2D eigenvalue weighted by atomic mass is 32.1. The van der Waals surface area contributed by atoms with Crippen LogP contribution in [0.15, 0.2) is 35.7 Å². The Kier molecular flexibility index (Phi) is 3.98. The second-order valence-electron chi connectivity index (χ2n) is 4.63. The number of nitrogens with one attached hydrogen (secondary N) is 2. The first kappa shape index (κ1) is 13.8. The predicted octanol–water partition coefficient (Wildman–Crippen LogP) is 3.15. The Bertz CT molecular complexity index is 753. The molecule has 2 heterocycles. The van der Waals surface area contributed by atoms with Crippen molar-refractivity contribution in [1.82, 2.24) is 9.97 Å². The minimum atomic E-state index is 0.415. The Labute approximate surface area is 127 Å². The summed E-state index contributed by atoms with van der Waals surface area (Å²) in [7, 11) is 0. The van der Waals surface area contributed by atoms with E-state index in [4.69, 9.17) is 5.84 Å². The number of benzene rings is 1. The summed E-state index contributed by atoms with van der Waals surface area (Å²) in [6.45, 7) is 2.92. The van der Waals surface area contributed by atoms with Crippen LogP contribution in [0.3, 0.4) is 0 Å². The fourth-order valence-electron chi connectivity index (χ4n) is 2.28. The number of nitrogens with zero attached hydrogens (tertiary/aromatic N) is 2. The lowest BCUT2D eigenvalue weighted by atomic mass is 10.2. The lowest BCUT2D eigenvalue weighted by molar-refractivity contribution is 1.06. The van der Waals surface area contributed by atoms with Crippen LogP contribution in [0.25, 0.3) is 10.9 Å². The number of hydrogen-bond acceptors (Lipinski definition) is 6. The van der Waals surface area contributed by atoms with E-state index < -0.39 is 0 Å². The number of aryl methyl sites for hydroxylation is 1. The van der Waals surface area contributed by atoms with Crippen LogP contribution in [-0.4, -0.2) is 9.97 Å². The SMILES string of the molecule is CCc1ccsc1CNc1nc(NN)nc2ccccc12. The molecule has 0 radical (unpaired) electrons. The third kappa shape index (κ3) is 2.81. The zero-order valence-electron chi connectivity index (χ0n) is 11.8. The molecule has 1 aromatic carbocycles. The van der Waals surface area contributed by atoms with Crippen molar-refractivity contribution in [3.63, 3.8) is 0 Å². The normalized spacial score (nSPS) is 10.8. The number of para-hydroxylation sites is 1. The lowest BCUT2D eigenvalue weighted by Crippen LogP contribution is -2.12. The molecule has 0 aliphatic carbocycles. The Morgan fingerprint density at radius 3 is 2.86 bits per heavy atom. The van der Waals surface area contributed by atoms with Gasteiger partial charge in [-0.3, -0.25) is 5.43 Å². The first-order chi connectivity index (χ1) is 10.3. The Balaban J connectivity index is 1.92. The van der Waals surface area contributed by atoms with E-state index in [-0.39, 0.29) is 0 Å². The highest BCUT2D eigenvalue weighted by Gasteiger charge is 2.08. The summed E-state index contributed by atoms with van der Waals surface area (Å²) in [6, 6.07) is 10.1. The van der Waals surface area contributed by atoms with E-state index in [2.05, 4.69) is 39.1 Å². The number of aromatic nitrogens is 2. The smallest absolute Gasteiger partial charge is 0.239 e. The number of fused-ring (bicyclic) bond motifs is 1. The number of nitrogen functional groups attached to an aromatic ring is 1. The van der Waals surface area contributed by atoms with Gasteiger partial charge < -0.3 is 5.32 Å². The first-order valence-electron chi connectivity index (χ1n) is 6.84. The molecule has 0 aliphatic heterocycles. The standard InChI is InChI=1S/C15H17N5S/c1-2-10-7-8-21-13(10)9-17-14-11-5-3-4-6-12(11)18-15(19-14)20-16/h3-8H,2,9,16H2,1H3,(H2,17,18,19,20). The maximum atomic E-state index is 5.45. The second kappa shape index (κ2) is 6.07. The first-order valence-corrected chi connectivity index (χ1v) is 7.72. The highest BCUT2D eigenvalue weighted by molar-refractivity contribution is 7.10. The van der Waals surface area contributed by atoms with Gasteiger partial charge in [0.25, 0.3) is 0 Å². The fourth-order valence-corrected chi connectivity index (χ4v) is 3.19. The van der Waals surface area contributed by atoms with Gasteiger partial charge in [-0.15, -0.1) is 11.3 Å². The zero-order valence-corrected chi connectivity index (χ0v) is 12.6. The van der Waals surface area contributed by atoms with E-state index in [1.807, 2.05) is 24.3 Å². The maximum Gasteiger partial charge on any atom is 0.239 e. The molecule has 0 saturated heterocycles. The van der Waals surface area contributed by atoms with E-state index in [0.717, 1.165) is 29.7 Å². The molecule has 0 atom stereocenters. The predicted molar refractivity (Wildman–Crippen MR) is 88.4 cm³/mol. The van der Waals surface area contributed by atoms with Crippen LogP contribution < -0.4 is 16.6 Å². The minimum absolute atomic E-state index is 0.415. The van der Waals surface area contributed by atoms with Crippen molar-refractivity contribution in [3.8, 4) is 0 Å². The Hall–Kier alpha value is -2.18. The van der Waals surface area contributed by atoms with Crippen molar-refractivity contribution < 1.29 is 0 Å². The molecule has 0 fully saturated rings. The highest BCUT2D eigenvalue weighted by Crippen LogP contribution is 2.24. The number of thiophene rings is 1. The van der Waals surface area contributed by atoms with Crippen LogP contribution in [0.4, 0.5) is 11.8 Å². The van der Waals surface area contributed by atoms with Gasteiger partial charge in [-0.1, -0.05) is 19.1 Å². The molecule has 0 saturated carbocycles. The van der Waals surface area contributed by atoms with E-state index in [0.29, 0.717) is 5.95 Å². The van der Waals surface area contributed by atoms with Crippen molar-refractivity contribution in [3.05, 3.63) is 46.2 Å². The largest absolute Gasteiger partial charge is 0.364 e. The summed E-state index contributed by atoms with van der Waals surface area (Å²) < 4.78 is 0. The van der Waals surface area contributed by atoms with Gasteiger partial charge in [0.15, 0.2) is 0 Å². The molecule has 0 aliphatic rings. The lowest BCUT2D eigenvalue weighted by Gasteiger charge is -2.10. The zero-order chi connectivity index (χ0) is 14.7. The molecule has 6 heteroatoms. The maximum absolute atomic E-state index is 5.45. The van der Waals surface area contributed by atoms with E-state index in [9.17, 15) is 0 Å². The molecular formula is C15H17N5S. The van der Waals surface area contributed by atoms with Crippen LogP contribution in [-0.2, 0) is 13.0 Å². The Morgan fingerprint density at radius 1 is 1.19 bits per heavy atom. The third-order valence-electron chi connectivity index (χ3n) is 3.37. The number of hydrazine groups is 1. The van der Waals surface area contributed by atoms with Gasteiger partial charge in [-0.25, -0.2) is 10.8 Å². The summed E-state index contributed by atoms with van der Waals surface area (Å²) in [5.74, 6) is 6.66. The van der Waals surface area contributed by atoms with Crippen molar-refractivity contribution >= 4 is 34.0 Å². The van der Waals surface area contributed by atoms with Gasteiger partial charge >= 0.3 is 0 Å². The van der Waals surface area contributed by atoms with Crippen molar-refractivity contribution in [2.24, 2.45) is 5.84 Å². The summed E-state index contributed by atoms with van der Waals surface area (Å²) in [6.07, 6.45) is 1.04. The molecule has 0 amide bonds. The minimum Gasteiger partial charge on any atom is -0.364 e. The van der Waals surface area contributed by atoms with Crippen LogP contribution in [0.1, 0.15) is 17.4 Å². The van der Waals surface area contributed by atoms with E-state index >= 15 is 0 Å². The summed E-state index contributed by atoms with van der Waals surface area (Å²) in [5, 5.41) is 6.52. The van der Waals surface area contributed by atoms with Crippen molar-refractivity contribution in [1.29, 1.82) is 0 Å². The molecule has 0 unspecified atom stereocenters. The quantitative estimate of drug-likeness (QED) is 0.498. The topological polar surface area (TPSA) is 75.9 Å². The third-order valence-corrected chi connectivity index (χ3v) is 4.33. The molecule has 0 bridgehead atoms. The van der Waals surface area contributed by atoms with Crippen LogP contribution in [0, 0.1) is 0 Å². The number of anilines is 2. The van der Waals surface area contributed by atoms with Gasteiger partial charge in [-0.05, 0) is 35.6 Å². The van der Waals surface area contributed by atoms with E-state index in [1.54, 1.807) is 11.3 Å². The molecule has 5 nitrogen and oxygen atoms in total. The van der Waals surface area contributed by atoms with Crippen molar-refractivity contribution in [2.75, 3.05) is 10.7 Å². The van der Waals surface area contributed by atoms with Gasteiger partial charge in [0.05, 0.1) is 12.1 Å². The number of hydrogen-bond donors (Lipinski definition) is 3. The second-order valence-corrected chi connectivity index (χ2v) is 5.63.